The zero-order valence-corrected chi connectivity index (χ0v) is 10.9. The molecule has 0 radical (unpaired) electrons. The van der Waals surface area contributed by atoms with Crippen LogP contribution in [0.15, 0.2) is 24.3 Å². The van der Waals surface area contributed by atoms with Gasteiger partial charge in [0.1, 0.15) is 0 Å². The highest BCUT2D eigenvalue weighted by molar-refractivity contribution is 6.31. The maximum Gasteiger partial charge on any atom is 0.0438 e. The van der Waals surface area contributed by atoms with Gasteiger partial charge in [-0.3, -0.25) is 0 Å². The van der Waals surface area contributed by atoms with E-state index < -0.39 is 0 Å². The maximum atomic E-state index is 6.38. The summed E-state index contributed by atoms with van der Waals surface area (Å²) in [6.07, 6.45) is 6.58. The first-order chi connectivity index (χ1) is 8.27. The number of rotatable bonds is 3. The molecule has 3 unspecified atom stereocenters. The molecule has 0 aromatic heterocycles. The van der Waals surface area contributed by atoms with Crippen LogP contribution in [0.3, 0.4) is 0 Å². The molecule has 1 aromatic rings. The lowest BCUT2D eigenvalue weighted by atomic mass is 10.0. The van der Waals surface area contributed by atoms with E-state index in [2.05, 4.69) is 6.07 Å². The van der Waals surface area contributed by atoms with E-state index >= 15 is 0 Å². The van der Waals surface area contributed by atoms with Crippen LogP contribution in [0.5, 0.6) is 0 Å². The number of hydrogen-bond acceptors (Lipinski definition) is 1. The molecule has 1 nitrogen and oxygen atoms in total. The van der Waals surface area contributed by atoms with E-state index in [9.17, 15) is 0 Å². The number of benzene rings is 1. The van der Waals surface area contributed by atoms with E-state index in [1.165, 1.54) is 31.2 Å². The molecule has 2 N–H and O–H groups in total. The Labute approximate surface area is 108 Å². The molecule has 1 aromatic carbocycles. The molecule has 0 aliphatic heterocycles. The van der Waals surface area contributed by atoms with Gasteiger partial charge in [-0.25, -0.2) is 0 Å². The van der Waals surface area contributed by atoms with E-state index in [0.717, 1.165) is 29.2 Å². The Hall–Kier alpha value is -0.530. The molecule has 3 rings (SSSR count). The van der Waals surface area contributed by atoms with Gasteiger partial charge in [-0.15, -0.1) is 0 Å². The van der Waals surface area contributed by atoms with Gasteiger partial charge in [-0.2, -0.15) is 0 Å². The minimum absolute atomic E-state index is 0.308. The molecule has 2 aliphatic carbocycles. The van der Waals surface area contributed by atoms with Crippen molar-refractivity contribution in [1.29, 1.82) is 0 Å². The molecule has 17 heavy (non-hydrogen) atoms. The van der Waals surface area contributed by atoms with E-state index in [4.69, 9.17) is 17.3 Å². The van der Waals surface area contributed by atoms with Crippen molar-refractivity contribution < 1.29 is 0 Å². The van der Waals surface area contributed by atoms with Crippen LogP contribution in [0, 0.1) is 17.8 Å². The number of nitrogens with two attached hydrogens (primary N) is 1. The Morgan fingerprint density at radius 3 is 2.47 bits per heavy atom. The summed E-state index contributed by atoms with van der Waals surface area (Å²) in [4.78, 5) is 0. The lowest BCUT2D eigenvalue weighted by Crippen LogP contribution is -2.26. The zero-order chi connectivity index (χ0) is 11.8. The Morgan fingerprint density at radius 1 is 1.18 bits per heavy atom. The monoisotopic (exact) mass is 249 g/mol. The van der Waals surface area contributed by atoms with Gasteiger partial charge >= 0.3 is 0 Å². The van der Waals surface area contributed by atoms with Crippen LogP contribution in [0.4, 0.5) is 0 Å². The Balaban J connectivity index is 1.64. The van der Waals surface area contributed by atoms with E-state index in [0.29, 0.717) is 6.04 Å². The molecule has 0 heterocycles. The second kappa shape index (κ2) is 4.62. The fourth-order valence-electron chi connectivity index (χ4n) is 3.74. The topological polar surface area (TPSA) is 26.0 Å². The van der Waals surface area contributed by atoms with Crippen LogP contribution in [-0.4, -0.2) is 6.04 Å². The molecular weight excluding hydrogens is 230 g/mol. The molecule has 0 bridgehead atoms. The van der Waals surface area contributed by atoms with Gasteiger partial charge in [0.15, 0.2) is 0 Å². The van der Waals surface area contributed by atoms with Crippen molar-refractivity contribution in [3.05, 3.63) is 34.9 Å². The first-order valence-electron chi connectivity index (χ1n) is 6.76. The lowest BCUT2D eigenvalue weighted by molar-refractivity contribution is 0.480. The average molecular weight is 250 g/mol. The van der Waals surface area contributed by atoms with Crippen molar-refractivity contribution in [2.45, 2.75) is 38.1 Å². The molecule has 92 valence electrons. The third kappa shape index (κ3) is 2.23. The second-order valence-corrected chi connectivity index (χ2v) is 6.06. The van der Waals surface area contributed by atoms with Crippen LogP contribution in [0.1, 0.15) is 31.2 Å². The summed E-state index contributed by atoms with van der Waals surface area (Å²) in [5.41, 5.74) is 7.59. The van der Waals surface area contributed by atoms with Crippen LogP contribution >= 0.6 is 11.6 Å². The summed E-state index contributed by atoms with van der Waals surface area (Å²) < 4.78 is 0. The second-order valence-electron chi connectivity index (χ2n) is 5.65. The summed E-state index contributed by atoms with van der Waals surface area (Å²) >= 11 is 6.19. The molecule has 2 aliphatic rings. The normalized spacial score (nSPS) is 32.9. The summed E-state index contributed by atoms with van der Waals surface area (Å²) in [5, 5.41) is 0.867. The molecule has 2 heteroatoms. The standard InChI is InChI=1S/C15H20ClN/c16-13-8-4-1-5-10(13)9-14(17)15-11-6-2-3-7-12(11)15/h1,4-5,8,11-12,14-15H,2-3,6-7,9,17H2. The third-order valence-electron chi connectivity index (χ3n) is 4.63. The first kappa shape index (κ1) is 11.6. The summed E-state index contributed by atoms with van der Waals surface area (Å²) in [6.45, 7) is 0. The third-order valence-corrected chi connectivity index (χ3v) is 5.00. The van der Waals surface area contributed by atoms with Gasteiger partial charge in [0.2, 0.25) is 0 Å². The van der Waals surface area contributed by atoms with Crippen LogP contribution in [0.25, 0.3) is 0 Å². The molecule has 2 fully saturated rings. The number of fused-ring (bicyclic) bond motifs is 1. The zero-order valence-electron chi connectivity index (χ0n) is 10.1. The summed E-state index contributed by atoms with van der Waals surface area (Å²) in [5.74, 6) is 2.64. The first-order valence-corrected chi connectivity index (χ1v) is 7.14. The smallest absolute Gasteiger partial charge is 0.0438 e. The fraction of sp³-hybridized carbons (Fsp3) is 0.600. The van der Waals surface area contributed by atoms with Crippen LogP contribution in [0.2, 0.25) is 5.02 Å². The molecule has 0 amide bonds. The minimum Gasteiger partial charge on any atom is -0.327 e. The van der Waals surface area contributed by atoms with Gasteiger partial charge in [0, 0.05) is 11.1 Å². The van der Waals surface area contributed by atoms with Gasteiger partial charge in [-0.1, -0.05) is 42.6 Å². The van der Waals surface area contributed by atoms with E-state index in [1.807, 2.05) is 18.2 Å². The average Bonchev–Trinajstić information content (AvgIpc) is 3.06. The highest BCUT2D eigenvalue weighted by atomic mass is 35.5. The largest absolute Gasteiger partial charge is 0.327 e. The predicted octanol–water partition coefficient (Wildman–Crippen LogP) is 3.65. The molecule has 2 saturated carbocycles. The van der Waals surface area contributed by atoms with Gasteiger partial charge < -0.3 is 5.73 Å². The van der Waals surface area contributed by atoms with Crippen LogP contribution < -0.4 is 5.73 Å². The van der Waals surface area contributed by atoms with Crippen molar-refractivity contribution >= 4 is 11.6 Å². The van der Waals surface area contributed by atoms with E-state index in [1.54, 1.807) is 0 Å². The van der Waals surface area contributed by atoms with Gasteiger partial charge in [0.25, 0.3) is 0 Å². The molecule has 3 atom stereocenters. The van der Waals surface area contributed by atoms with E-state index in [-0.39, 0.29) is 0 Å². The van der Waals surface area contributed by atoms with Crippen LogP contribution in [-0.2, 0) is 6.42 Å². The van der Waals surface area contributed by atoms with Crippen molar-refractivity contribution in [1.82, 2.24) is 0 Å². The minimum atomic E-state index is 0.308. The summed E-state index contributed by atoms with van der Waals surface area (Å²) in [7, 11) is 0. The van der Waals surface area contributed by atoms with Gasteiger partial charge in [0.05, 0.1) is 0 Å². The SMILES string of the molecule is NC(Cc1ccccc1Cl)C1C2CCCCC21. The van der Waals surface area contributed by atoms with Crippen molar-refractivity contribution in [2.24, 2.45) is 23.5 Å². The Bertz CT molecular complexity index is 392. The molecule has 0 saturated heterocycles. The van der Waals surface area contributed by atoms with Gasteiger partial charge in [-0.05, 0) is 48.6 Å². The van der Waals surface area contributed by atoms with Crippen molar-refractivity contribution in [2.75, 3.05) is 0 Å². The fourth-order valence-corrected chi connectivity index (χ4v) is 3.95. The lowest BCUT2D eigenvalue weighted by Gasteiger charge is -2.12. The molecule has 0 spiro atoms. The molecular formula is C15H20ClN. The van der Waals surface area contributed by atoms with Crippen molar-refractivity contribution in [3.8, 4) is 0 Å². The Kier molecular flexibility index (Phi) is 3.14. The van der Waals surface area contributed by atoms with Crippen molar-refractivity contribution in [3.63, 3.8) is 0 Å². The quantitative estimate of drug-likeness (QED) is 0.870. The highest BCUT2D eigenvalue weighted by Gasteiger charge is 2.52. The number of halogens is 1. The number of hydrogen-bond donors (Lipinski definition) is 1. The Morgan fingerprint density at radius 2 is 1.82 bits per heavy atom. The maximum absolute atomic E-state index is 6.38. The predicted molar refractivity (Wildman–Crippen MR) is 72.1 cm³/mol. The summed E-state index contributed by atoms with van der Waals surface area (Å²) in [6, 6.07) is 8.41. The highest BCUT2D eigenvalue weighted by Crippen LogP contribution is 2.56.